The van der Waals surface area contributed by atoms with E-state index >= 15 is 0 Å². The normalized spacial score (nSPS) is 16.7. The van der Waals surface area contributed by atoms with E-state index in [-0.39, 0.29) is 28.7 Å². The van der Waals surface area contributed by atoms with Crippen molar-refractivity contribution in [2.75, 3.05) is 9.80 Å². The lowest BCUT2D eigenvalue weighted by Gasteiger charge is -2.49. The molecular weight excluding hydrogens is 826 g/mol. The van der Waals surface area contributed by atoms with Crippen molar-refractivity contribution in [3.63, 3.8) is 0 Å². The van der Waals surface area contributed by atoms with Gasteiger partial charge in [0.05, 0.1) is 28.6 Å². The van der Waals surface area contributed by atoms with E-state index in [2.05, 4.69) is 239 Å². The molecule has 3 aliphatic heterocycles. The van der Waals surface area contributed by atoms with Crippen molar-refractivity contribution in [3.05, 3.63) is 186 Å². The van der Waals surface area contributed by atoms with Crippen LogP contribution in [0.25, 0.3) is 48.9 Å². The van der Waals surface area contributed by atoms with E-state index in [1.807, 2.05) is 17.4 Å². The van der Waals surface area contributed by atoms with Crippen LogP contribution in [-0.4, -0.2) is 16.4 Å². The molecule has 3 nitrogen and oxygen atoms in total. The van der Waals surface area contributed by atoms with E-state index in [1.54, 1.807) is 0 Å². The first-order chi connectivity index (χ1) is 31.5. The van der Waals surface area contributed by atoms with Crippen molar-refractivity contribution in [3.8, 4) is 5.69 Å². The monoisotopic (exact) mass is 877 g/mol. The second-order valence-corrected chi connectivity index (χ2v) is 22.3. The molecule has 0 bridgehead atoms. The summed E-state index contributed by atoms with van der Waals surface area (Å²) < 4.78 is 5.18. The molecule has 0 aliphatic carbocycles. The van der Waals surface area contributed by atoms with Crippen LogP contribution < -0.4 is 20.7 Å². The Morgan fingerprint density at radius 1 is 0.631 bits per heavy atom. The van der Waals surface area contributed by atoms with Gasteiger partial charge in [0.25, 0.3) is 0 Å². The highest BCUT2D eigenvalue weighted by molar-refractivity contribution is 8.02. The Morgan fingerprint density at radius 3 is 1.98 bits per heavy atom. The maximum Gasteiger partial charge on any atom is 0.233 e. The number of nitrogens with zero attached hydrogens (tertiary/aromatic N) is 3. The first-order valence-corrected chi connectivity index (χ1v) is 24.7. The second-order valence-electron chi connectivity index (χ2n) is 20.0. The van der Waals surface area contributed by atoms with Gasteiger partial charge in [-0.05, 0) is 112 Å². The number of fused-ring (bicyclic) bond motifs is 11. The summed E-state index contributed by atoms with van der Waals surface area (Å²) in [7, 11) is 0. The van der Waals surface area contributed by atoms with Crippen LogP contribution in [0.1, 0.15) is 82.5 Å². The Kier molecular flexibility index (Phi) is 9.09. The minimum absolute atomic E-state index is 0.0264. The van der Waals surface area contributed by atoms with E-state index in [0.717, 1.165) is 17.1 Å². The van der Waals surface area contributed by atoms with Crippen LogP contribution in [-0.2, 0) is 10.8 Å². The van der Waals surface area contributed by atoms with Gasteiger partial charge in [-0.1, -0.05) is 145 Å². The molecular formula is C59H52BN3S2. The lowest BCUT2D eigenvalue weighted by molar-refractivity contribution is 0.590. The fraction of sp³-hybridized carbons (Fsp3) is 0.186. The highest BCUT2D eigenvalue weighted by Gasteiger charge is 2.54. The van der Waals surface area contributed by atoms with Gasteiger partial charge in [0.2, 0.25) is 6.71 Å². The quantitative estimate of drug-likeness (QED) is 0.160. The van der Waals surface area contributed by atoms with Crippen LogP contribution in [0.3, 0.4) is 0 Å². The zero-order chi connectivity index (χ0) is 44.5. The van der Waals surface area contributed by atoms with E-state index in [9.17, 15) is 0 Å². The fourth-order valence-electron chi connectivity index (χ4n) is 11.2. The molecule has 6 heteroatoms. The first-order valence-electron chi connectivity index (χ1n) is 23.0. The van der Waals surface area contributed by atoms with Crippen molar-refractivity contribution < 1.29 is 0 Å². The highest BCUT2D eigenvalue weighted by atomic mass is 32.2. The van der Waals surface area contributed by atoms with Crippen LogP contribution in [0.2, 0.25) is 0 Å². The molecule has 2 unspecified atom stereocenters. The zero-order valence-corrected chi connectivity index (χ0v) is 39.8. The maximum absolute atomic E-state index is 4.45. The molecule has 0 N–H and O–H groups in total. The molecule has 0 saturated heterocycles. The Bertz CT molecular complexity index is 3430. The molecule has 318 valence electrons. The Labute approximate surface area is 391 Å². The predicted octanol–water partition coefficient (Wildman–Crippen LogP) is 15.6. The zero-order valence-electron chi connectivity index (χ0n) is 38.2. The maximum atomic E-state index is 4.45. The number of rotatable bonds is 5. The van der Waals surface area contributed by atoms with E-state index < -0.39 is 0 Å². The van der Waals surface area contributed by atoms with Gasteiger partial charge in [-0.15, -0.1) is 23.1 Å². The van der Waals surface area contributed by atoms with Crippen LogP contribution in [0, 0.1) is 0 Å². The van der Waals surface area contributed by atoms with Crippen molar-refractivity contribution in [2.45, 2.75) is 75.4 Å². The standard InChI is InChI=1S/C59H52BN3S2/c1-9-17-40-41-18-11-13-21-46(41)63(45(40)10-2)49-24-15-20-44-55(49)62(39-32-28-37(29-33-39)59(6,7)8)48-23-16-22-47-53(48)60(44)57-54(61(47)38-30-26-36(27-31-38)58(3,4)5)43-34-35-51-52(56(43)65-57)42-19-12-14-25-50(42)64-51/h9-35,54,57H,2H2,1,3-8H3/b17-9-. The lowest BCUT2D eigenvalue weighted by atomic mass is 9.33. The SMILES string of the molecule is C=Cc1c(/C=C\C)c2ccccc2n1-c1cccc2c1N(c1ccc(C(C)(C)C)cc1)c1cccc3c1B2C1Sc2c(ccc4sc5ccccc5c24)C1N3c1ccc(C(C)(C)C)cc1. The lowest BCUT2D eigenvalue weighted by Crippen LogP contribution is -2.62. The van der Waals surface area contributed by atoms with E-state index in [4.69, 9.17) is 0 Å². The third-order valence-electron chi connectivity index (χ3n) is 14.2. The molecule has 12 rings (SSSR count). The summed E-state index contributed by atoms with van der Waals surface area (Å²) in [6.45, 7) is 20.5. The summed E-state index contributed by atoms with van der Waals surface area (Å²) >= 11 is 4.03. The van der Waals surface area contributed by atoms with Crippen molar-refractivity contribution >= 4 is 112 Å². The van der Waals surface area contributed by atoms with Crippen LogP contribution in [0.5, 0.6) is 0 Å². The number of aromatic nitrogens is 1. The summed E-state index contributed by atoms with van der Waals surface area (Å²) in [4.78, 5) is 6.72. The van der Waals surface area contributed by atoms with Crippen molar-refractivity contribution in [2.24, 2.45) is 0 Å². The number of thiophene rings is 1. The van der Waals surface area contributed by atoms with Crippen LogP contribution in [0.4, 0.5) is 28.4 Å². The number of para-hydroxylation sites is 2. The van der Waals surface area contributed by atoms with Gasteiger partial charge in [-0.3, -0.25) is 0 Å². The van der Waals surface area contributed by atoms with Crippen LogP contribution in [0.15, 0.2) is 163 Å². The van der Waals surface area contributed by atoms with Gasteiger partial charge in [0.15, 0.2) is 0 Å². The van der Waals surface area contributed by atoms with Gasteiger partial charge in [-0.2, -0.15) is 0 Å². The molecule has 9 aromatic rings. The van der Waals surface area contributed by atoms with Crippen LogP contribution >= 0.6 is 23.1 Å². The first kappa shape index (κ1) is 40.3. The average Bonchev–Trinajstić information content (AvgIpc) is 3.98. The molecule has 0 radical (unpaired) electrons. The molecule has 0 fully saturated rings. The minimum atomic E-state index is 0.0264. The number of anilines is 5. The second kappa shape index (κ2) is 14.7. The number of benzene rings is 7. The topological polar surface area (TPSA) is 11.4 Å². The molecule has 65 heavy (non-hydrogen) atoms. The molecule has 0 saturated carbocycles. The minimum Gasteiger partial charge on any atom is -0.334 e. The molecule has 0 amide bonds. The summed E-state index contributed by atoms with van der Waals surface area (Å²) in [5, 5.41) is 4.17. The van der Waals surface area contributed by atoms with Gasteiger partial charge >= 0.3 is 0 Å². The predicted molar refractivity (Wildman–Crippen MR) is 285 cm³/mol. The summed E-state index contributed by atoms with van der Waals surface area (Å²) in [5.74, 6) is 0. The fourth-order valence-corrected chi connectivity index (χ4v) is 14.1. The summed E-state index contributed by atoms with van der Waals surface area (Å²) in [5.41, 5.74) is 17.7. The van der Waals surface area contributed by atoms with Gasteiger partial charge in [0, 0.05) is 63.9 Å². The van der Waals surface area contributed by atoms with Crippen molar-refractivity contribution in [1.29, 1.82) is 0 Å². The summed E-state index contributed by atoms with van der Waals surface area (Å²) in [6, 6.07) is 55.8. The third kappa shape index (κ3) is 5.96. The largest absolute Gasteiger partial charge is 0.334 e. The van der Waals surface area contributed by atoms with Gasteiger partial charge < -0.3 is 14.4 Å². The number of thioether (sulfide) groups is 1. The molecule has 7 aromatic carbocycles. The number of hydrogen-bond donors (Lipinski definition) is 0. The smallest absolute Gasteiger partial charge is 0.233 e. The molecule has 3 aliphatic rings. The Morgan fingerprint density at radius 2 is 1.28 bits per heavy atom. The van der Waals surface area contributed by atoms with Crippen molar-refractivity contribution in [1.82, 2.24) is 4.57 Å². The van der Waals surface area contributed by atoms with E-state index in [1.165, 1.54) is 91.9 Å². The molecule has 5 heterocycles. The molecule has 2 aromatic heterocycles. The molecule has 2 atom stereocenters. The Balaban J connectivity index is 1.18. The van der Waals surface area contributed by atoms with Gasteiger partial charge in [0.1, 0.15) is 0 Å². The number of allylic oxidation sites excluding steroid dienone is 1. The van der Waals surface area contributed by atoms with Gasteiger partial charge in [-0.25, -0.2) is 0 Å². The number of hydrogen-bond acceptors (Lipinski definition) is 4. The van der Waals surface area contributed by atoms with E-state index in [0.29, 0.717) is 0 Å². The third-order valence-corrected chi connectivity index (χ3v) is 16.8. The summed E-state index contributed by atoms with van der Waals surface area (Å²) in [6.07, 6.45) is 6.44. The highest BCUT2D eigenvalue weighted by Crippen LogP contribution is 2.59. The molecule has 0 spiro atoms. The Hall–Kier alpha value is -6.21. The average molecular weight is 878 g/mol.